The molecule has 0 saturated carbocycles. The highest BCUT2D eigenvalue weighted by molar-refractivity contribution is 6.02. The summed E-state index contributed by atoms with van der Waals surface area (Å²) in [6.45, 7) is 2.91. The fourth-order valence-electron chi connectivity index (χ4n) is 2.51. The molecule has 0 fully saturated rings. The molecule has 1 aliphatic rings. The van der Waals surface area contributed by atoms with Gasteiger partial charge < -0.3 is 24.3 Å². The van der Waals surface area contributed by atoms with E-state index in [4.69, 9.17) is 13.9 Å². The molecule has 23 heavy (non-hydrogen) atoms. The Hall–Kier alpha value is -2.47. The summed E-state index contributed by atoms with van der Waals surface area (Å²) in [4.78, 5) is 12.2. The molecule has 2 aromatic rings. The molecule has 2 heterocycles. The number of ether oxygens (including phenoxy) is 2. The van der Waals surface area contributed by atoms with Crippen LogP contribution in [0.15, 0.2) is 34.9 Å². The Morgan fingerprint density at radius 3 is 2.70 bits per heavy atom. The van der Waals surface area contributed by atoms with Crippen molar-refractivity contribution in [1.29, 1.82) is 0 Å². The number of benzene rings is 1. The monoisotopic (exact) mass is 317 g/mol. The molecule has 0 bridgehead atoms. The highest BCUT2D eigenvalue weighted by Crippen LogP contribution is 2.39. The normalized spacial score (nSPS) is 14.3. The van der Waals surface area contributed by atoms with Gasteiger partial charge in [-0.05, 0) is 24.6 Å². The summed E-state index contributed by atoms with van der Waals surface area (Å²) in [6, 6.07) is 6.64. The van der Waals surface area contributed by atoms with Gasteiger partial charge in [0.25, 0.3) is 5.91 Å². The maximum absolute atomic E-state index is 12.2. The van der Waals surface area contributed by atoms with E-state index in [2.05, 4.69) is 5.32 Å². The van der Waals surface area contributed by atoms with Crippen LogP contribution in [0.4, 0.5) is 5.69 Å². The van der Waals surface area contributed by atoms with E-state index in [1.165, 1.54) is 6.26 Å². The van der Waals surface area contributed by atoms with Crippen LogP contribution in [-0.2, 0) is 0 Å². The third-order valence-corrected chi connectivity index (χ3v) is 3.63. The van der Waals surface area contributed by atoms with Crippen LogP contribution in [0.1, 0.15) is 42.0 Å². The average molecular weight is 317 g/mol. The van der Waals surface area contributed by atoms with Crippen LogP contribution in [0.25, 0.3) is 0 Å². The second-order valence-electron chi connectivity index (χ2n) is 5.32. The van der Waals surface area contributed by atoms with E-state index in [0.29, 0.717) is 42.4 Å². The Labute approximate surface area is 134 Å². The molecule has 2 N–H and O–H groups in total. The van der Waals surface area contributed by atoms with Crippen LogP contribution < -0.4 is 14.8 Å². The Bertz CT molecular complexity index is 681. The van der Waals surface area contributed by atoms with Crippen LogP contribution in [-0.4, -0.2) is 24.2 Å². The van der Waals surface area contributed by atoms with Crippen LogP contribution in [0.5, 0.6) is 11.5 Å². The van der Waals surface area contributed by atoms with Gasteiger partial charge in [0.1, 0.15) is 13.2 Å². The Morgan fingerprint density at radius 2 is 2.04 bits per heavy atom. The number of aliphatic hydroxyl groups is 1. The maximum Gasteiger partial charge on any atom is 0.291 e. The molecule has 0 spiro atoms. The lowest BCUT2D eigenvalue weighted by molar-refractivity contribution is 0.0996. The molecule has 1 aromatic carbocycles. The second kappa shape index (κ2) is 6.75. The first-order valence-corrected chi connectivity index (χ1v) is 7.65. The zero-order chi connectivity index (χ0) is 16.2. The minimum atomic E-state index is -0.692. The van der Waals surface area contributed by atoms with Crippen molar-refractivity contribution in [1.82, 2.24) is 0 Å². The molecule has 0 aliphatic carbocycles. The van der Waals surface area contributed by atoms with Crippen molar-refractivity contribution in [3.63, 3.8) is 0 Å². The van der Waals surface area contributed by atoms with E-state index in [1.54, 1.807) is 24.3 Å². The molecule has 0 saturated heterocycles. The predicted molar refractivity (Wildman–Crippen MR) is 84.0 cm³/mol. The number of amides is 1. The third-order valence-electron chi connectivity index (χ3n) is 3.63. The van der Waals surface area contributed by atoms with Gasteiger partial charge in [-0.25, -0.2) is 0 Å². The van der Waals surface area contributed by atoms with Gasteiger partial charge >= 0.3 is 0 Å². The number of furan rings is 1. The highest BCUT2D eigenvalue weighted by atomic mass is 16.6. The number of hydrogen-bond donors (Lipinski definition) is 2. The molecule has 1 aliphatic heterocycles. The Kier molecular flexibility index (Phi) is 4.52. The summed E-state index contributed by atoms with van der Waals surface area (Å²) in [5, 5.41) is 13.1. The van der Waals surface area contributed by atoms with Gasteiger partial charge in [-0.2, -0.15) is 0 Å². The lowest BCUT2D eigenvalue weighted by atomic mass is 10.0. The van der Waals surface area contributed by atoms with Crippen molar-refractivity contribution in [2.75, 3.05) is 18.5 Å². The van der Waals surface area contributed by atoms with Gasteiger partial charge in [0.15, 0.2) is 17.3 Å². The van der Waals surface area contributed by atoms with Gasteiger partial charge in [0, 0.05) is 11.6 Å². The number of aliphatic hydroxyl groups excluding tert-OH is 1. The predicted octanol–water partition coefficient (Wildman–Crippen LogP) is 3.14. The lowest BCUT2D eigenvalue weighted by Gasteiger charge is -2.23. The maximum atomic E-state index is 12.2. The molecule has 122 valence electrons. The van der Waals surface area contributed by atoms with Gasteiger partial charge in [0.2, 0.25) is 0 Å². The first-order chi connectivity index (χ1) is 11.2. The summed E-state index contributed by atoms with van der Waals surface area (Å²) < 4.78 is 16.2. The number of anilines is 1. The first kappa shape index (κ1) is 15.4. The molecular weight excluding hydrogens is 298 g/mol. The molecule has 6 heteroatoms. The van der Waals surface area contributed by atoms with Gasteiger partial charge in [-0.15, -0.1) is 0 Å². The second-order valence-corrected chi connectivity index (χ2v) is 5.32. The first-order valence-electron chi connectivity index (χ1n) is 7.65. The molecule has 0 unspecified atom stereocenters. The van der Waals surface area contributed by atoms with Gasteiger partial charge in [-0.1, -0.05) is 13.3 Å². The van der Waals surface area contributed by atoms with Crippen LogP contribution in [0.2, 0.25) is 0 Å². The van der Waals surface area contributed by atoms with Crippen molar-refractivity contribution in [2.45, 2.75) is 25.9 Å². The fraction of sp³-hybridized carbons (Fsp3) is 0.353. The SMILES string of the molecule is CCC[C@H](O)c1cc2c(cc1NC(=O)c1ccco1)OCCO2. The number of hydrogen-bond acceptors (Lipinski definition) is 5. The standard InChI is InChI=1S/C17H19NO5/c1-2-4-13(19)11-9-15-16(23-8-7-22-15)10-12(11)18-17(20)14-5-3-6-21-14/h3,5-6,9-10,13,19H,2,4,7-8H2,1H3,(H,18,20)/t13-/m0/s1. The summed E-state index contributed by atoms with van der Waals surface area (Å²) in [6.07, 6.45) is 2.15. The van der Waals surface area contributed by atoms with Crippen LogP contribution in [0.3, 0.4) is 0 Å². The molecule has 3 rings (SSSR count). The van der Waals surface area contributed by atoms with Gasteiger partial charge in [0.05, 0.1) is 18.1 Å². The van der Waals surface area contributed by atoms with E-state index in [0.717, 1.165) is 6.42 Å². The number of nitrogens with one attached hydrogen (secondary N) is 1. The quantitative estimate of drug-likeness (QED) is 0.885. The Balaban J connectivity index is 1.94. The fourth-order valence-corrected chi connectivity index (χ4v) is 2.51. The number of carbonyl (C=O) groups is 1. The van der Waals surface area contributed by atoms with E-state index >= 15 is 0 Å². The molecule has 1 atom stereocenters. The van der Waals surface area contributed by atoms with Crippen LogP contribution >= 0.6 is 0 Å². The molecule has 0 radical (unpaired) electrons. The number of rotatable bonds is 5. The van der Waals surface area contributed by atoms with Crippen molar-refractivity contribution in [2.24, 2.45) is 0 Å². The average Bonchev–Trinajstić information content (AvgIpc) is 3.09. The Morgan fingerprint density at radius 1 is 1.30 bits per heavy atom. The van der Waals surface area contributed by atoms with E-state index in [9.17, 15) is 9.90 Å². The zero-order valence-corrected chi connectivity index (χ0v) is 12.9. The largest absolute Gasteiger partial charge is 0.486 e. The minimum Gasteiger partial charge on any atom is -0.486 e. The summed E-state index contributed by atoms with van der Waals surface area (Å²) in [5.74, 6) is 0.961. The molecule has 1 aromatic heterocycles. The van der Waals surface area contributed by atoms with Crippen molar-refractivity contribution in [3.05, 3.63) is 41.9 Å². The molecular formula is C17H19NO5. The van der Waals surface area contributed by atoms with E-state index in [-0.39, 0.29) is 11.7 Å². The van der Waals surface area contributed by atoms with Crippen molar-refractivity contribution < 1.29 is 23.8 Å². The van der Waals surface area contributed by atoms with Crippen molar-refractivity contribution >= 4 is 11.6 Å². The van der Waals surface area contributed by atoms with Crippen LogP contribution in [0, 0.1) is 0 Å². The van der Waals surface area contributed by atoms with E-state index in [1.807, 2.05) is 6.92 Å². The minimum absolute atomic E-state index is 0.204. The summed E-state index contributed by atoms with van der Waals surface area (Å²) >= 11 is 0. The number of fused-ring (bicyclic) bond motifs is 1. The summed E-state index contributed by atoms with van der Waals surface area (Å²) in [7, 11) is 0. The third kappa shape index (κ3) is 3.32. The molecule has 1 amide bonds. The number of carbonyl (C=O) groups excluding carboxylic acids is 1. The summed E-state index contributed by atoms with van der Waals surface area (Å²) in [5.41, 5.74) is 1.10. The lowest BCUT2D eigenvalue weighted by Crippen LogP contribution is -2.18. The molecule has 6 nitrogen and oxygen atoms in total. The van der Waals surface area contributed by atoms with Crippen molar-refractivity contribution in [3.8, 4) is 11.5 Å². The zero-order valence-electron chi connectivity index (χ0n) is 12.9. The highest BCUT2D eigenvalue weighted by Gasteiger charge is 2.21. The van der Waals surface area contributed by atoms with Gasteiger partial charge in [-0.3, -0.25) is 4.79 Å². The topological polar surface area (TPSA) is 80.9 Å². The van der Waals surface area contributed by atoms with E-state index < -0.39 is 6.10 Å². The smallest absolute Gasteiger partial charge is 0.291 e.